The van der Waals surface area contributed by atoms with Crippen molar-refractivity contribution in [3.05, 3.63) is 65.2 Å². The number of anilines is 2. The number of hydrogen-bond acceptors (Lipinski definition) is 6. The first-order valence-corrected chi connectivity index (χ1v) is 11.9. The number of nitrogens with one attached hydrogen (secondary N) is 1. The Morgan fingerprint density at radius 3 is 2.61 bits per heavy atom. The lowest BCUT2D eigenvalue weighted by atomic mass is 9.92. The number of benzene rings is 1. The van der Waals surface area contributed by atoms with Gasteiger partial charge in [0.2, 0.25) is 11.9 Å². The van der Waals surface area contributed by atoms with E-state index in [1.54, 1.807) is 37.4 Å². The highest BCUT2D eigenvalue weighted by Crippen LogP contribution is 2.33. The van der Waals surface area contributed by atoms with E-state index in [0.29, 0.717) is 11.3 Å². The summed E-state index contributed by atoms with van der Waals surface area (Å²) in [5.74, 6) is -0.973. The number of aromatic nitrogens is 4. The number of aryl methyl sites for hydroxylation is 2. The van der Waals surface area contributed by atoms with Gasteiger partial charge in [0.25, 0.3) is 0 Å². The van der Waals surface area contributed by atoms with Crippen LogP contribution in [0.4, 0.5) is 24.8 Å². The number of nitrogens with two attached hydrogens (primary N) is 1. The molecular formula is C25H30F3N7O. The average Bonchev–Trinajstić information content (AvgIpc) is 3.30. The second kappa shape index (κ2) is 10.7. The number of nitrogens with zero attached hydrogens (tertiary/aromatic N) is 5. The van der Waals surface area contributed by atoms with E-state index >= 15 is 0 Å². The molecule has 8 nitrogen and oxygen atoms in total. The van der Waals surface area contributed by atoms with E-state index in [4.69, 9.17) is 5.73 Å². The Hall–Kier alpha value is -3.47. The lowest BCUT2D eigenvalue weighted by Crippen LogP contribution is -2.31. The molecular weight excluding hydrogens is 471 g/mol. The normalized spacial score (nSPS) is 16.1. The van der Waals surface area contributed by atoms with Crippen LogP contribution in [0.25, 0.3) is 0 Å². The van der Waals surface area contributed by atoms with Crippen LogP contribution in [0.1, 0.15) is 54.1 Å². The zero-order chi connectivity index (χ0) is 25.9. The molecule has 3 heterocycles. The molecule has 2 aromatic heterocycles. The molecule has 3 N–H and O–H groups in total. The molecule has 1 aliphatic rings. The summed E-state index contributed by atoms with van der Waals surface area (Å²) in [5, 5.41) is 7.41. The van der Waals surface area contributed by atoms with Crippen molar-refractivity contribution in [1.29, 1.82) is 0 Å². The molecule has 1 fully saturated rings. The van der Waals surface area contributed by atoms with Crippen molar-refractivity contribution in [2.24, 2.45) is 5.73 Å². The first-order valence-electron chi connectivity index (χ1n) is 11.9. The highest BCUT2D eigenvalue weighted by atomic mass is 19.4. The van der Waals surface area contributed by atoms with Crippen molar-refractivity contribution in [3.63, 3.8) is 0 Å². The van der Waals surface area contributed by atoms with Crippen LogP contribution in [0.15, 0.2) is 42.9 Å². The Morgan fingerprint density at radius 2 is 1.92 bits per heavy atom. The van der Waals surface area contributed by atoms with E-state index < -0.39 is 23.6 Å². The first-order chi connectivity index (χ1) is 17.1. The van der Waals surface area contributed by atoms with Crippen LogP contribution in [0.5, 0.6) is 0 Å². The summed E-state index contributed by atoms with van der Waals surface area (Å²) in [6, 6.07) is 7.40. The van der Waals surface area contributed by atoms with Crippen molar-refractivity contribution in [2.45, 2.75) is 50.7 Å². The van der Waals surface area contributed by atoms with Crippen LogP contribution in [-0.2, 0) is 23.8 Å². The third-order valence-corrected chi connectivity index (χ3v) is 6.67. The second-order valence-corrected chi connectivity index (χ2v) is 9.24. The minimum atomic E-state index is -4.59. The molecule has 3 aromatic rings. The number of alkyl halides is 3. The van der Waals surface area contributed by atoms with Gasteiger partial charge in [-0.05, 0) is 63.9 Å². The fraction of sp³-hybridized carbons (Fsp3) is 0.440. The van der Waals surface area contributed by atoms with Crippen LogP contribution in [0, 0.1) is 0 Å². The number of primary amides is 1. The molecule has 1 atom stereocenters. The van der Waals surface area contributed by atoms with Crippen molar-refractivity contribution < 1.29 is 18.0 Å². The summed E-state index contributed by atoms with van der Waals surface area (Å²) in [6.07, 6.45) is 1.92. The van der Waals surface area contributed by atoms with E-state index in [1.807, 2.05) is 10.9 Å². The summed E-state index contributed by atoms with van der Waals surface area (Å²) in [5.41, 5.74) is 6.51. The van der Waals surface area contributed by atoms with Crippen LogP contribution in [-0.4, -0.2) is 50.7 Å². The van der Waals surface area contributed by atoms with Crippen LogP contribution in [0.3, 0.4) is 0 Å². The Bertz CT molecular complexity index is 1200. The molecule has 11 heteroatoms. The SMILES string of the molecule is CC(C(N)=O)c1ccccc1CCc1nc(Nc2cnn(C3CCN(C)CC3)c2)ncc1C(F)(F)F. The van der Waals surface area contributed by atoms with Gasteiger partial charge in [-0.2, -0.15) is 18.3 Å². The van der Waals surface area contributed by atoms with E-state index in [9.17, 15) is 18.0 Å². The van der Waals surface area contributed by atoms with Gasteiger partial charge in [-0.25, -0.2) is 9.97 Å². The second-order valence-electron chi connectivity index (χ2n) is 9.24. The van der Waals surface area contributed by atoms with Gasteiger partial charge in [-0.15, -0.1) is 0 Å². The molecule has 1 amide bonds. The molecule has 0 aliphatic carbocycles. The number of carbonyl (C=O) groups is 1. The van der Waals surface area contributed by atoms with Gasteiger partial charge in [-0.3, -0.25) is 9.48 Å². The fourth-order valence-corrected chi connectivity index (χ4v) is 4.49. The number of likely N-dealkylation sites (tertiary alicyclic amines) is 1. The molecule has 36 heavy (non-hydrogen) atoms. The topological polar surface area (TPSA) is 102 Å². The smallest absolute Gasteiger partial charge is 0.369 e. The number of hydrogen-bond donors (Lipinski definition) is 2. The van der Waals surface area contributed by atoms with E-state index in [1.165, 1.54) is 0 Å². The number of carbonyl (C=O) groups excluding carboxylic acids is 1. The highest BCUT2D eigenvalue weighted by molar-refractivity contribution is 5.81. The van der Waals surface area contributed by atoms with E-state index in [-0.39, 0.29) is 30.5 Å². The zero-order valence-electron chi connectivity index (χ0n) is 20.3. The lowest BCUT2D eigenvalue weighted by molar-refractivity contribution is -0.138. The molecule has 1 aromatic carbocycles. The summed E-state index contributed by atoms with van der Waals surface area (Å²) in [4.78, 5) is 22.1. The Balaban J connectivity index is 1.53. The van der Waals surface area contributed by atoms with Crippen molar-refractivity contribution in [3.8, 4) is 0 Å². The van der Waals surface area contributed by atoms with Gasteiger partial charge in [-0.1, -0.05) is 24.3 Å². The largest absolute Gasteiger partial charge is 0.419 e. The molecule has 192 valence electrons. The lowest BCUT2D eigenvalue weighted by Gasteiger charge is -2.28. The van der Waals surface area contributed by atoms with Crippen molar-refractivity contribution >= 4 is 17.5 Å². The summed E-state index contributed by atoms with van der Waals surface area (Å²) in [7, 11) is 2.09. The summed E-state index contributed by atoms with van der Waals surface area (Å²) >= 11 is 0. The van der Waals surface area contributed by atoms with Gasteiger partial charge < -0.3 is 16.0 Å². The Kier molecular flexibility index (Phi) is 7.58. The van der Waals surface area contributed by atoms with Gasteiger partial charge in [0, 0.05) is 12.4 Å². The predicted molar refractivity (Wildman–Crippen MR) is 130 cm³/mol. The maximum atomic E-state index is 13.7. The van der Waals surface area contributed by atoms with Gasteiger partial charge in [0.15, 0.2) is 0 Å². The summed E-state index contributed by atoms with van der Waals surface area (Å²) < 4.78 is 43.0. The number of halogens is 3. The monoisotopic (exact) mass is 501 g/mol. The fourth-order valence-electron chi connectivity index (χ4n) is 4.49. The number of piperidine rings is 1. The maximum absolute atomic E-state index is 13.7. The van der Waals surface area contributed by atoms with Crippen molar-refractivity contribution in [1.82, 2.24) is 24.6 Å². The average molecular weight is 502 g/mol. The standard InChI is InChI=1S/C25H30F3N7O/c1-16(23(29)36)20-6-4-3-5-17(20)7-8-22-21(25(26,27)28)14-30-24(33-22)32-18-13-31-35(15-18)19-9-11-34(2)12-10-19/h3-6,13-16,19H,7-12H2,1-2H3,(H2,29,36)(H,30,32,33). The van der Waals surface area contributed by atoms with Gasteiger partial charge >= 0.3 is 6.18 Å². The minimum absolute atomic E-state index is 0.0173. The Morgan fingerprint density at radius 1 is 1.19 bits per heavy atom. The molecule has 1 aliphatic heterocycles. The van der Waals surface area contributed by atoms with E-state index in [2.05, 4.69) is 32.3 Å². The van der Waals surface area contributed by atoms with Crippen LogP contribution < -0.4 is 11.1 Å². The third-order valence-electron chi connectivity index (χ3n) is 6.67. The molecule has 0 saturated carbocycles. The predicted octanol–water partition coefficient (Wildman–Crippen LogP) is 4.08. The number of amides is 1. The van der Waals surface area contributed by atoms with E-state index in [0.717, 1.165) is 37.7 Å². The molecule has 0 spiro atoms. The summed E-state index contributed by atoms with van der Waals surface area (Å²) in [6.45, 7) is 3.65. The molecule has 4 rings (SSSR count). The number of rotatable bonds is 8. The third kappa shape index (κ3) is 6.01. The molecule has 1 saturated heterocycles. The molecule has 0 radical (unpaired) electrons. The maximum Gasteiger partial charge on any atom is 0.419 e. The Labute approximate surface area is 207 Å². The first kappa shape index (κ1) is 25.6. The zero-order valence-corrected chi connectivity index (χ0v) is 20.3. The minimum Gasteiger partial charge on any atom is -0.369 e. The molecule has 1 unspecified atom stereocenters. The van der Waals surface area contributed by atoms with Crippen LogP contribution >= 0.6 is 0 Å². The van der Waals surface area contributed by atoms with Gasteiger partial charge in [0.1, 0.15) is 0 Å². The van der Waals surface area contributed by atoms with Crippen molar-refractivity contribution in [2.75, 3.05) is 25.5 Å². The molecule has 0 bridgehead atoms. The van der Waals surface area contributed by atoms with Crippen LogP contribution in [0.2, 0.25) is 0 Å². The highest BCUT2D eigenvalue weighted by Gasteiger charge is 2.35. The quantitative estimate of drug-likeness (QED) is 0.482. The van der Waals surface area contributed by atoms with Gasteiger partial charge in [0.05, 0.1) is 35.1 Å².